The van der Waals surface area contributed by atoms with Crippen molar-refractivity contribution in [3.05, 3.63) is 24.3 Å². The lowest BCUT2D eigenvalue weighted by Gasteiger charge is -2.24. The zero-order valence-corrected chi connectivity index (χ0v) is 11.9. The van der Waals surface area contributed by atoms with Gasteiger partial charge in [-0.05, 0) is 38.1 Å². The highest BCUT2D eigenvalue weighted by Crippen LogP contribution is 2.29. The molecule has 0 radical (unpaired) electrons. The lowest BCUT2D eigenvalue weighted by molar-refractivity contribution is 0.596. The van der Waals surface area contributed by atoms with E-state index in [-0.39, 0.29) is 0 Å². The molecule has 104 valence electrons. The van der Waals surface area contributed by atoms with Gasteiger partial charge in [0, 0.05) is 6.54 Å². The minimum atomic E-state index is -3.50. The normalized spacial score (nSPS) is 16.4. The predicted molar refractivity (Wildman–Crippen MR) is 77.2 cm³/mol. The van der Waals surface area contributed by atoms with E-state index in [0.29, 0.717) is 4.90 Å². The number of anilines is 1. The Balaban J connectivity index is 2.04. The summed E-state index contributed by atoms with van der Waals surface area (Å²) in [5.41, 5.74) is 0.723. The fourth-order valence-electron chi connectivity index (χ4n) is 2.04. The molecule has 0 atom stereocenters. The second-order valence-corrected chi connectivity index (χ2v) is 6.02. The number of rotatable bonds is 6. The van der Waals surface area contributed by atoms with E-state index in [4.69, 9.17) is 0 Å². The third kappa shape index (κ3) is 3.33. The highest BCUT2D eigenvalue weighted by molar-refractivity contribution is 7.90. The molecule has 0 aliphatic carbocycles. The van der Waals surface area contributed by atoms with Crippen LogP contribution in [0.1, 0.15) is 19.8 Å². The molecule has 5 nitrogen and oxygen atoms in total. The molecule has 0 amide bonds. The molecule has 1 N–H and O–H groups in total. The number of hydrogen-bond donors (Lipinski definition) is 1. The van der Waals surface area contributed by atoms with Gasteiger partial charge in [0.25, 0.3) is 10.0 Å². The molecule has 0 saturated carbocycles. The van der Waals surface area contributed by atoms with Gasteiger partial charge in [-0.15, -0.1) is 4.40 Å². The molecule has 0 aromatic heterocycles. The number of hydrogen-bond acceptors (Lipinski definition) is 4. The van der Waals surface area contributed by atoms with Crippen LogP contribution in [0, 0.1) is 0 Å². The van der Waals surface area contributed by atoms with E-state index in [1.165, 1.54) is 6.34 Å². The summed E-state index contributed by atoms with van der Waals surface area (Å²) in [6.45, 7) is 4.83. The van der Waals surface area contributed by atoms with Crippen LogP contribution in [-0.2, 0) is 10.0 Å². The zero-order chi connectivity index (χ0) is 13.7. The smallest absolute Gasteiger partial charge is 0.285 e. The first-order valence-corrected chi connectivity index (χ1v) is 7.96. The van der Waals surface area contributed by atoms with Gasteiger partial charge >= 0.3 is 0 Å². The molecule has 6 heteroatoms. The summed E-state index contributed by atoms with van der Waals surface area (Å²) in [5, 5.41) is 3.27. The highest BCUT2D eigenvalue weighted by atomic mass is 32.2. The molecule has 1 aliphatic heterocycles. The third-order valence-electron chi connectivity index (χ3n) is 3.03. The summed E-state index contributed by atoms with van der Waals surface area (Å²) < 4.78 is 27.3. The van der Waals surface area contributed by atoms with Crippen molar-refractivity contribution in [2.24, 2.45) is 4.40 Å². The summed E-state index contributed by atoms with van der Waals surface area (Å²) >= 11 is 0. The highest BCUT2D eigenvalue weighted by Gasteiger charge is 2.24. The topological polar surface area (TPSA) is 61.8 Å². The Hall–Kier alpha value is -1.40. The first-order valence-electron chi connectivity index (χ1n) is 6.52. The van der Waals surface area contributed by atoms with Crippen LogP contribution in [0.4, 0.5) is 5.69 Å². The van der Waals surface area contributed by atoms with E-state index in [1.807, 2.05) is 17.0 Å². The molecule has 0 bridgehead atoms. The number of nitrogens with one attached hydrogen (secondary N) is 1. The van der Waals surface area contributed by atoms with Crippen LogP contribution < -0.4 is 10.2 Å². The summed E-state index contributed by atoms with van der Waals surface area (Å²) in [6, 6.07) is 6.99. The standard InChI is InChI=1S/C13H19N3O2S/c1-2-14-9-5-6-10-16-11-15-19(17,18)13-8-4-3-7-12(13)16/h3-4,7-8,11,14H,2,5-6,9-10H2,1H3. The van der Waals surface area contributed by atoms with Crippen molar-refractivity contribution in [1.82, 2.24) is 5.32 Å². The Kier molecular flexibility index (Phi) is 4.55. The van der Waals surface area contributed by atoms with Crippen molar-refractivity contribution >= 4 is 22.0 Å². The molecule has 1 aromatic rings. The molecule has 1 heterocycles. The van der Waals surface area contributed by atoms with Crippen molar-refractivity contribution in [1.29, 1.82) is 0 Å². The molecule has 1 aliphatic rings. The lowest BCUT2D eigenvalue weighted by atomic mass is 10.2. The van der Waals surface area contributed by atoms with Crippen molar-refractivity contribution in [2.75, 3.05) is 24.5 Å². The molecule has 2 rings (SSSR count). The monoisotopic (exact) mass is 281 g/mol. The number of sulfonamides is 1. The number of nitrogens with zero attached hydrogens (tertiary/aromatic N) is 2. The van der Waals surface area contributed by atoms with Gasteiger partial charge in [0.15, 0.2) is 0 Å². The first kappa shape index (κ1) is 14.0. The zero-order valence-electron chi connectivity index (χ0n) is 11.0. The average Bonchev–Trinajstić information content (AvgIpc) is 2.41. The Labute approximate surface area is 114 Å². The molecule has 0 unspecified atom stereocenters. The van der Waals surface area contributed by atoms with Gasteiger partial charge in [-0.3, -0.25) is 0 Å². The van der Waals surface area contributed by atoms with Crippen LogP contribution in [-0.4, -0.2) is 34.4 Å². The Morgan fingerprint density at radius 2 is 2.05 bits per heavy atom. The molecule has 19 heavy (non-hydrogen) atoms. The van der Waals surface area contributed by atoms with Gasteiger partial charge in [0.1, 0.15) is 11.2 Å². The van der Waals surface area contributed by atoms with Crippen LogP contribution in [0.3, 0.4) is 0 Å². The van der Waals surface area contributed by atoms with Crippen molar-refractivity contribution in [3.8, 4) is 0 Å². The molecule has 0 fully saturated rings. The van der Waals surface area contributed by atoms with Crippen LogP contribution in [0.5, 0.6) is 0 Å². The summed E-state index contributed by atoms with van der Waals surface area (Å²) in [4.78, 5) is 2.20. The van der Waals surface area contributed by atoms with Gasteiger partial charge < -0.3 is 10.2 Å². The number of benzene rings is 1. The maximum atomic E-state index is 11.8. The fraction of sp³-hybridized carbons (Fsp3) is 0.462. The number of para-hydroxylation sites is 1. The van der Waals surface area contributed by atoms with Gasteiger partial charge in [-0.1, -0.05) is 19.1 Å². The Bertz CT molecular complexity index is 555. The summed E-state index contributed by atoms with van der Waals surface area (Å²) in [7, 11) is -3.50. The van der Waals surface area contributed by atoms with Gasteiger partial charge in [0.05, 0.1) is 5.69 Å². The maximum absolute atomic E-state index is 11.8. The lowest BCUT2D eigenvalue weighted by Crippen LogP contribution is -2.28. The van der Waals surface area contributed by atoms with Gasteiger partial charge in [0.2, 0.25) is 0 Å². The van der Waals surface area contributed by atoms with Crippen molar-refractivity contribution in [2.45, 2.75) is 24.7 Å². The van der Waals surface area contributed by atoms with Gasteiger partial charge in [-0.2, -0.15) is 8.42 Å². The molecule has 1 aromatic carbocycles. The first-order chi connectivity index (χ1) is 9.15. The average molecular weight is 281 g/mol. The number of fused-ring (bicyclic) bond motifs is 1. The minimum Gasteiger partial charge on any atom is -0.331 e. The van der Waals surface area contributed by atoms with Crippen molar-refractivity contribution < 1.29 is 8.42 Å². The third-order valence-corrected chi connectivity index (χ3v) is 4.30. The van der Waals surface area contributed by atoms with Crippen LogP contribution >= 0.6 is 0 Å². The van der Waals surface area contributed by atoms with E-state index < -0.39 is 10.0 Å². The fourth-order valence-corrected chi connectivity index (χ4v) is 3.09. The second-order valence-electron chi connectivity index (χ2n) is 4.42. The quantitative estimate of drug-likeness (QED) is 0.805. The predicted octanol–water partition coefficient (Wildman–Crippen LogP) is 1.61. The number of unbranched alkanes of at least 4 members (excludes halogenated alkanes) is 1. The van der Waals surface area contributed by atoms with E-state index in [1.54, 1.807) is 12.1 Å². The molecular formula is C13H19N3O2S. The molecule has 0 saturated heterocycles. The van der Waals surface area contributed by atoms with E-state index in [9.17, 15) is 8.42 Å². The van der Waals surface area contributed by atoms with Crippen LogP contribution in [0.15, 0.2) is 33.6 Å². The van der Waals surface area contributed by atoms with E-state index >= 15 is 0 Å². The van der Waals surface area contributed by atoms with Gasteiger partial charge in [-0.25, -0.2) is 0 Å². The summed E-state index contributed by atoms with van der Waals surface area (Å²) in [5.74, 6) is 0. The Morgan fingerprint density at radius 3 is 2.84 bits per heavy atom. The van der Waals surface area contributed by atoms with Crippen molar-refractivity contribution in [3.63, 3.8) is 0 Å². The second kappa shape index (κ2) is 6.16. The van der Waals surface area contributed by atoms with Crippen LogP contribution in [0.25, 0.3) is 0 Å². The summed E-state index contributed by atoms with van der Waals surface area (Å²) in [6.07, 6.45) is 3.48. The largest absolute Gasteiger partial charge is 0.331 e. The SMILES string of the molecule is CCNCCCCN1C=NS(=O)(=O)c2ccccc21. The molecular weight excluding hydrogens is 262 g/mol. The minimum absolute atomic E-state index is 0.296. The van der Waals surface area contributed by atoms with E-state index in [2.05, 4.69) is 16.6 Å². The Morgan fingerprint density at radius 1 is 1.26 bits per heavy atom. The van der Waals surface area contributed by atoms with Crippen LogP contribution in [0.2, 0.25) is 0 Å². The molecule has 0 spiro atoms. The maximum Gasteiger partial charge on any atom is 0.285 e. The van der Waals surface area contributed by atoms with E-state index in [0.717, 1.165) is 38.2 Å².